The zero-order valence-electron chi connectivity index (χ0n) is 16.0. The maximum absolute atomic E-state index is 13.0. The monoisotopic (exact) mass is 423 g/mol. The molecule has 0 bridgehead atoms. The summed E-state index contributed by atoms with van der Waals surface area (Å²) in [6.07, 6.45) is 1.45. The Balaban J connectivity index is 1.90. The van der Waals surface area contributed by atoms with Gasteiger partial charge in [-0.1, -0.05) is 29.8 Å². The summed E-state index contributed by atoms with van der Waals surface area (Å²) in [5.41, 5.74) is 0.764. The van der Waals surface area contributed by atoms with Gasteiger partial charge in [-0.25, -0.2) is 0 Å². The van der Waals surface area contributed by atoms with Gasteiger partial charge < -0.3 is 14.3 Å². The van der Waals surface area contributed by atoms with Crippen LogP contribution in [0.1, 0.15) is 24.3 Å². The molecule has 1 unspecified atom stereocenters. The number of hydrogen-bond acceptors (Lipinski definition) is 5. The predicted molar refractivity (Wildman–Crippen MR) is 113 cm³/mol. The van der Waals surface area contributed by atoms with Gasteiger partial charge in [0.25, 0.3) is 11.7 Å². The first-order chi connectivity index (χ1) is 14.5. The molecule has 0 saturated carbocycles. The summed E-state index contributed by atoms with van der Waals surface area (Å²) in [5, 5.41) is 11.4. The number of nitrogens with zero attached hydrogens (tertiary/aromatic N) is 1. The Kier molecular flexibility index (Phi) is 5.33. The average Bonchev–Trinajstić information content (AvgIpc) is 3.37. The van der Waals surface area contributed by atoms with E-state index >= 15 is 0 Å². The van der Waals surface area contributed by atoms with E-state index in [1.165, 1.54) is 17.2 Å². The smallest absolute Gasteiger partial charge is 0.300 e. The number of amides is 1. The molecule has 1 amide bonds. The van der Waals surface area contributed by atoms with E-state index in [-0.39, 0.29) is 11.3 Å². The number of ketones is 1. The van der Waals surface area contributed by atoms with E-state index < -0.39 is 17.7 Å². The van der Waals surface area contributed by atoms with Crippen molar-refractivity contribution in [3.05, 3.63) is 88.8 Å². The molecule has 1 aliphatic rings. The van der Waals surface area contributed by atoms with Crippen LogP contribution < -0.4 is 9.64 Å². The Bertz CT molecular complexity index is 1120. The third kappa shape index (κ3) is 3.35. The summed E-state index contributed by atoms with van der Waals surface area (Å²) in [7, 11) is 0. The second-order valence-electron chi connectivity index (χ2n) is 6.60. The molecule has 3 aromatic rings. The van der Waals surface area contributed by atoms with Crippen LogP contribution in [-0.4, -0.2) is 23.4 Å². The lowest BCUT2D eigenvalue weighted by Crippen LogP contribution is -2.29. The molecule has 4 rings (SSSR count). The molecule has 2 heterocycles. The van der Waals surface area contributed by atoms with Crippen LogP contribution in [0.2, 0.25) is 5.02 Å². The minimum absolute atomic E-state index is 0.0661. The van der Waals surface area contributed by atoms with Gasteiger partial charge in [-0.3, -0.25) is 14.5 Å². The standard InChI is InChI=1S/C23H18ClNO5/c1-2-29-18-13-14(10-11-16(18)24)21(26)19-20(17-9-6-12-30-17)25(23(28)22(19)27)15-7-4-3-5-8-15/h3-13,20,26H,2H2,1H3/b21-19-. The van der Waals surface area contributed by atoms with Gasteiger partial charge in [0.2, 0.25) is 0 Å². The van der Waals surface area contributed by atoms with Crippen molar-refractivity contribution in [3.63, 3.8) is 0 Å². The molecule has 6 nitrogen and oxygen atoms in total. The SMILES string of the molecule is CCOc1cc(/C(O)=C2/C(=O)C(=O)N(c3ccccc3)C2c2ccco2)ccc1Cl. The van der Waals surface area contributed by atoms with Crippen LogP contribution in [0.5, 0.6) is 5.75 Å². The predicted octanol–water partition coefficient (Wildman–Crippen LogP) is 4.96. The zero-order chi connectivity index (χ0) is 21.3. The number of ether oxygens (including phenoxy) is 1. The van der Waals surface area contributed by atoms with Gasteiger partial charge in [-0.2, -0.15) is 0 Å². The van der Waals surface area contributed by atoms with Crippen molar-refractivity contribution >= 4 is 34.7 Å². The molecule has 0 radical (unpaired) electrons. The second-order valence-corrected chi connectivity index (χ2v) is 7.01. The molecule has 1 aliphatic heterocycles. The lowest BCUT2D eigenvalue weighted by Gasteiger charge is -2.23. The average molecular weight is 424 g/mol. The number of halogens is 1. The van der Waals surface area contributed by atoms with Crippen LogP contribution in [0, 0.1) is 0 Å². The highest BCUT2D eigenvalue weighted by atomic mass is 35.5. The fourth-order valence-electron chi connectivity index (χ4n) is 3.48. The minimum Gasteiger partial charge on any atom is -0.507 e. The van der Waals surface area contributed by atoms with Crippen LogP contribution in [0.3, 0.4) is 0 Å². The Hall–Kier alpha value is -3.51. The number of benzene rings is 2. The molecule has 1 saturated heterocycles. The molecule has 0 aliphatic carbocycles. The third-order valence-corrected chi connectivity index (χ3v) is 5.11. The van der Waals surface area contributed by atoms with Gasteiger partial charge in [0, 0.05) is 11.3 Å². The van der Waals surface area contributed by atoms with Crippen LogP contribution in [0.25, 0.3) is 5.76 Å². The number of para-hydroxylation sites is 1. The highest BCUT2D eigenvalue weighted by molar-refractivity contribution is 6.51. The number of furan rings is 1. The van der Waals surface area contributed by atoms with E-state index in [1.54, 1.807) is 48.5 Å². The number of aliphatic hydroxyl groups excluding tert-OH is 1. The van der Waals surface area contributed by atoms with Crippen molar-refractivity contribution in [2.24, 2.45) is 0 Å². The lowest BCUT2D eigenvalue weighted by atomic mass is 9.99. The lowest BCUT2D eigenvalue weighted by molar-refractivity contribution is -0.132. The number of hydrogen-bond donors (Lipinski definition) is 1. The van der Waals surface area contributed by atoms with Gasteiger partial charge in [0.1, 0.15) is 23.3 Å². The molecule has 1 N–H and O–H groups in total. The van der Waals surface area contributed by atoms with E-state index in [0.29, 0.717) is 34.4 Å². The quantitative estimate of drug-likeness (QED) is 0.356. The first-order valence-electron chi connectivity index (χ1n) is 9.35. The fourth-order valence-corrected chi connectivity index (χ4v) is 3.65. The summed E-state index contributed by atoms with van der Waals surface area (Å²) < 4.78 is 11.0. The number of carbonyl (C=O) groups is 2. The van der Waals surface area contributed by atoms with Crippen molar-refractivity contribution < 1.29 is 23.8 Å². The Labute approximate surface area is 177 Å². The van der Waals surface area contributed by atoms with E-state index in [4.69, 9.17) is 20.8 Å². The maximum Gasteiger partial charge on any atom is 0.300 e. The van der Waals surface area contributed by atoms with Crippen LogP contribution in [0.4, 0.5) is 5.69 Å². The molecule has 1 fully saturated rings. The summed E-state index contributed by atoms with van der Waals surface area (Å²) in [4.78, 5) is 27.2. The van der Waals surface area contributed by atoms with Crippen molar-refractivity contribution in [1.29, 1.82) is 0 Å². The first-order valence-corrected chi connectivity index (χ1v) is 9.73. The Morgan fingerprint density at radius 2 is 1.90 bits per heavy atom. The molecule has 7 heteroatoms. The number of rotatable bonds is 5. The molecule has 152 valence electrons. The summed E-state index contributed by atoms with van der Waals surface area (Å²) in [5.74, 6) is -1.15. The third-order valence-electron chi connectivity index (χ3n) is 4.80. The van der Waals surface area contributed by atoms with Gasteiger partial charge in [-0.05, 0) is 49.4 Å². The summed E-state index contributed by atoms with van der Waals surface area (Å²) in [6.45, 7) is 2.19. The molecule has 1 aromatic heterocycles. The first kappa shape index (κ1) is 19.8. The van der Waals surface area contributed by atoms with Gasteiger partial charge >= 0.3 is 0 Å². The van der Waals surface area contributed by atoms with Crippen LogP contribution >= 0.6 is 11.6 Å². The summed E-state index contributed by atoms with van der Waals surface area (Å²) in [6, 6.07) is 15.9. The fraction of sp³-hybridized carbons (Fsp3) is 0.130. The number of Topliss-reactive ketones (excluding diaryl/α,β-unsaturated/α-hetero) is 1. The van der Waals surface area contributed by atoms with Crippen molar-refractivity contribution in [3.8, 4) is 5.75 Å². The van der Waals surface area contributed by atoms with E-state index in [2.05, 4.69) is 0 Å². The Morgan fingerprint density at radius 1 is 1.13 bits per heavy atom. The zero-order valence-corrected chi connectivity index (χ0v) is 16.8. The highest BCUT2D eigenvalue weighted by Gasteiger charge is 2.48. The van der Waals surface area contributed by atoms with Gasteiger partial charge in [-0.15, -0.1) is 0 Å². The maximum atomic E-state index is 13.0. The normalized spacial score (nSPS) is 18.1. The molecule has 2 aromatic carbocycles. The van der Waals surface area contributed by atoms with E-state index in [1.807, 2.05) is 13.0 Å². The van der Waals surface area contributed by atoms with E-state index in [9.17, 15) is 14.7 Å². The summed E-state index contributed by atoms with van der Waals surface area (Å²) >= 11 is 6.14. The van der Waals surface area contributed by atoms with Gasteiger partial charge in [0.15, 0.2) is 0 Å². The van der Waals surface area contributed by atoms with Crippen molar-refractivity contribution in [1.82, 2.24) is 0 Å². The van der Waals surface area contributed by atoms with Crippen LogP contribution in [-0.2, 0) is 9.59 Å². The molecule has 30 heavy (non-hydrogen) atoms. The number of aliphatic hydroxyl groups is 1. The number of anilines is 1. The largest absolute Gasteiger partial charge is 0.507 e. The van der Waals surface area contributed by atoms with Crippen molar-refractivity contribution in [2.45, 2.75) is 13.0 Å². The number of carbonyl (C=O) groups excluding carboxylic acids is 2. The molecular formula is C23H18ClNO5. The van der Waals surface area contributed by atoms with Crippen molar-refractivity contribution in [2.75, 3.05) is 11.5 Å². The molecular weight excluding hydrogens is 406 g/mol. The second kappa shape index (κ2) is 8.08. The Morgan fingerprint density at radius 3 is 2.57 bits per heavy atom. The topological polar surface area (TPSA) is 80.0 Å². The molecule has 0 spiro atoms. The highest BCUT2D eigenvalue weighted by Crippen LogP contribution is 2.42. The van der Waals surface area contributed by atoms with E-state index in [0.717, 1.165) is 0 Å². The van der Waals surface area contributed by atoms with Crippen LogP contribution in [0.15, 0.2) is 76.9 Å². The molecule has 1 atom stereocenters. The van der Waals surface area contributed by atoms with Gasteiger partial charge in [0.05, 0.1) is 23.5 Å². The minimum atomic E-state index is -0.909.